The van der Waals surface area contributed by atoms with Crippen LogP contribution in [0.4, 0.5) is 15.6 Å². The molecule has 5 N–H and O–H groups in total. The van der Waals surface area contributed by atoms with Gasteiger partial charge in [0, 0.05) is 17.3 Å². The van der Waals surface area contributed by atoms with Crippen molar-refractivity contribution in [1.29, 1.82) is 0 Å². The summed E-state index contributed by atoms with van der Waals surface area (Å²) in [6.45, 7) is 3.51. The number of nitrogens with zero attached hydrogens (tertiary/aromatic N) is 1. The average Bonchev–Trinajstić information content (AvgIpc) is 3.63. The smallest absolute Gasteiger partial charge is 0.325 e. The largest absolute Gasteiger partial charge is 0.484 e. The van der Waals surface area contributed by atoms with E-state index in [4.69, 9.17) is 14.2 Å². The van der Waals surface area contributed by atoms with Gasteiger partial charge in [-0.15, -0.1) is 11.3 Å². The lowest BCUT2D eigenvalue weighted by Crippen LogP contribution is -2.49. The molecule has 3 aromatic rings. The van der Waals surface area contributed by atoms with Crippen molar-refractivity contribution in [3.63, 3.8) is 0 Å². The Morgan fingerprint density at radius 3 is 2.48 bits per heavy atom. The van der Waals surface area contributed by atoms with Crippen LogP contribution in [0.5, 0.6) is 17.2 Å². The minimum absolute atomic E-state index is 0.0540. The zero-order chi connectivity index (χ0) is 30.1. The molecule has 0 spiro atoms. The lowest BCUT2D eigenvalue weighted by atomic mass is 10.00. The Morgan fingerprint density at radius 2 is 1.79 bits per heavy atom. The Bertz CT molecular complexity index is 1400. The van der Waals surface area contributed by atoms with Crippen molar-refractivity contribution in [1.82, 2.24) is 15.6 Å². The molecule has 42 heavy (non-hydrogen) atoms. The number of carboxylic acids is 1. The van der Waals surface area contributed by atoms with E-state index in [2.05, 4.69) is 26.3 Å². The molecule has 0 aliphatic carbocycles. The maximum absolute atomic E-state index is 13.3. The van der Waals surface area contributed by atoms with Crippen LogP contribution in [0.3, 0.4) is 0 Å². The molecule has 1 aromatic heterocycles. The number of thiazole rings is 1. The van der Waals surface area contributed by atoms with Crippen LogP contribution >= 0.6 is 11.3 Å². The second kappa shape index (κ2) is 14.2. The molecular formula is C28H31N5O8S. The first kappa shape index (κ1) is 30.1. The Kier molecular flexibility index (Phi) is 10.2. The number of carbonyl (C=O) groups is 4. The third-order valence-corrected chi connectivity index (χ3v) is 6.68. The van der Waals surface area contributed by atoms with Gasteiger partial charge in [0.2, 0.25) is 12.7 Å². The highest BCUT2D eigenvalue weighted by Gasteiger charge is 2.27. The van der Waals surface area contributed by atoms with Crippen LogP contribution in [-0.2, 0) is 14.4 Å². The van der Waals surface area contributed by atoms with Gasteiger partial charge in [0.1, 0.15) is 11.8 Å². The van der Waals surface area contributed by atoms with Crippen LogP contribution in [-0.4, -0.2) is 53.3 Å². The summed E-state index contributed by atoms with van der Waals surface area (Å²) < 4.78 is 16.2. The predicted molar refractivity (Wildman–Crippen MR) is 154 cm³/mol. The first-order valence-corrected chi connectivity index (χ1v) is 14.0. The van der Waals surface area contributed by atoms with Crippen molar-refractivity contribution in [2.45, 2.75) is 38.8 Å². The molecule has 14 heteroatoms. The molecule has 0 saturated heterocycles. The molecule has 13 nitrogen and oxygen atoms in total. The van der Waals surface area contributed by atoms with Crippen LogP contribution < -0.4 is 35.5 Å². The van der Waals surface area contributed by atoms with Crippen LogP contribution in [0.1, 0.15) is 38.3 Å². The van der Waals surface area contributed by atoms with E-state index in [-0.39, 0.29) is 25.7 Å². The van der Waals surface area contributed by atoms with Gasteiger partial charge in [-0.2, -0.15) is 0 Å². The zero-order valence-corrected chi connectivity index (χ0v) is 23.7. The lowest BCUT2D eigenvalue weighted by molar-refractivity contribution is -0.138. The van der Waals surface area contributed by atoms with E-state index >= 15 is 0 Å². The number of hydrogen-bond donors (Lipinski definition) is 5. The molecule has 0 radical (unpaired) electrons. The summed E-state index contributed by atoms with van der Waals surface area (Å²) in [5.41, 5.74) is 1.04. The molecule has 1 aliphatic rings. The van der Waals surface area contributed by atoms with Gasteiger partial charge in [-0.1, -0.05) is 19.9 Å². The fourth-order valence-electron chi connectivity index (χ4n) is 4.10. The topological polar surface area (TPSA) is 177 Å². The molecule has 222 valence electrons. The number of carboxylic acid groups (broad SMARTS) is 1. The van der Waals surface area contributed by atoms with Crippen molar-refractivity contribution in [2.24, 2.45) is 5.92 Å². The van der Waals surface area contributed by atoms with E-state index in [0.717, 1.165) is 0 Å². The number of fused-ring (bicyclic) bond motifs is 1. The molecule has 0 bridgehead atoms. The minimum Gasteiger partial charge on any atom is -0.484 e. The van der Waals surface area contributed by atoms with Gasteiger partial charge in [0.15, 0.2) is 23.2 Å². The molecule has 0 fully saturated rings. The number of benzene rings is 2. The van der Waals surface area contributed by atoms with Gasteiger partial charge in [0.05, 0.1) is 12.5 Å². The number of aromatic nitrogens is 1. The summed E-state index contributed by atoms with van der Waals surface area (Å²) in [5, 5.41) is 22.4. The normalized spacial score (nSPS) is 13.1. The molecule has 2 atom stereocenters. The molecular weight excluding hydrogens is 566 g/mol. The standard InChI is InChI=1S/C28H31N5O8S/c1-16(2)11-21(26(37)32-20(13-25(35)36)17-3-8-22-23(12-17)41-15-40-22)31-24(34)14-39-19-6-4-18(5-7-19)30-27(38)33-28-29-9-10-42-28/h3-10,12,16,20-21H,11,13-15H2,1-2H3,(H,31,34)(H,32,37)(H,35,36)(H2,29,30,33,38). The predicted octanol–water partition coefficient (Wildman–Crippen LogP) is 3.76. The van der Waals surface area contributed by atoms with Crippen molar-refractivity contribution in [2.75, 3.05) is 24.0 Å². The van der Waals surface area contributed by atoms with Crippen LogP contribution in [0.2, 0.25) is 0 Å². The average molecular weight is 598 g/mol. The molecule has 4 amide bonds. The van der Waals surface area contributed by atoms with Gasteiger partial charge >= 0.3 is 12.0 Å². The first-order valence-electron chi connectivity index (χ1n) is 13.1. The monoisotopic (exact) mass is 597 g/mol. The van der Waals surface area contributed by atoms with Gasteiger partial charge in [-0.3, -0.25) is 19.7 Å². The van der Waals surface area contributed by atoms with Crippen molar-refractivity contribution in [3.05, 3.63) is 59.6 Å². The maximum Gasteiger partial charge on any atom is 0.325 e. The number of hydrogen-bond acceptors (Lipinski definition) is 9. The molecule has 0 saturated carbocycles. The lowest BCUT2D eigenvalue weighted by Gasteiger charge is -2.24. The Balaban J connectivity index is 1.32. The van der Waals surface area contributed by atoms with Gasteiger partial charge < -0.3 is 35.3 Å². The molecule has 4 rings (SSSR count). The Labute approximate surface area is 245 Å². The van der Waals surface area contributed by atoms with Crippen LogP contribution in [0.25, 0.3) is 0 Å². The van der Waals surface area contributed by atoms with E-state index in [1.54, 1.807) is 54.0 Å². The highest BCUT2D eigenvalue weighted by atomic mass is 32.1. The second-order valence-corrected chi connectivity index (χ2v) is 10.6. The van der Waals surface area contributed by atoms with E-state index in [1.165, 1.54) is 11.3 Å². The number of aliphatic carboxylic acids is 1. The summed E-state index contributed by atoms with van der Waals surface area (Å²) in [7, 11) is 0. The van der Waals surface area contributed by atoms with E-state index in [0.29, 0.717) is 40.1 Å². The Hall–Kier alpha value is -4.85. The SMILES string of the molecule is CC(C)CC(NC(=O)COc1ccc(NC(=O)Nc2nccs2)cc1)C(=O)NC(CC(=O)O)c1ccc2c(c1)OCO2. The highest BCUT2D eigenvalue weighted by molar-refractivity contribution is 7.13. The maximum atomic E-state index is 13.3. The molecule has 2 aromatic carbocycles. The third kappa shape index (κ3) is 8.83. The number of amides is 4. The molecule has 2 heterocycles. The van der Waals surface area contributed by atoms with Crippen molar-refractivity contribution >= 4 is 46.0 Å². The fourth-order valence-corrected chi connectivity index (χ4v) is 4.62. The van der Waals surface area contributed by atoms with Gasteiger partial charge in [-0.05, 0) is 54.3 Å². The van der Waals surface area contributed by atoms with Crippen molar-refractivity contribution < 1.29 is 38.5 Å². The third-order valence-electron chi connectivity index (χ3n) is 5.99. The number of urea groups is 1. The number of ether oxygens (including phenoxy) is 3. The highest BCUT2D eigenvalue weighted by Crippen LogP contribution is 2.35. The molecule has 1 aliphatic heterocycles. The quantitative estimate of drug-likeness (QED) is 0.196. The summed E-state index contributed by atoms with van der Waals surface area (Å²) in [4.78, 5) is 53.6. The number of carbonyl (C=O) groups excluding carboxylic acids is 3. The summed E-state index contributed by atoms with van der Waals surface area (Å²) in [6.07, 6.45) is 1.54. The number of rotatable bonds is 13. The summed E-state index contributed by atoms with van der Waals surface area (Å²) in [5.74, 6) is -0.719. The van der Waals surface area contributed by atoms with Gasteiger partial charge in [-0.25, -0.2) is 9.78 Å². The minimum atomic E-state index is -1.10. The van der Waals surface area contributed by atoms with E-state index < -0.39 is 35.9 Å². The number of anilines is 2. The summed E-state index contributed by atoms with van der Waals surface area (Å²) >= 11 is 1.29. The Morgan fingerprint density at radius 1 is 1.02 bits per heavy atom. The van der Waals surface area contributed by atoms with Crippen LogP contribution in [0.15, 0.2) is 54.0 Å². The van der Waals surface area contributed by atoms with Crippen molar-refractivity contribution in [3.8, 4) is 17.2 Å². The van der Waals surface area contributed by atoms with Gasteiger partial charge in [0.25, 0.3) is 5.91 Å². The fraction of sp³-hybridized carbons (Fsp3) is 0.321. The van der Waals surface area contributed by atoms with Crippen LogP contribution in [0, 0.1) is 5.92 Å². The summed E-state index contributed by atoms with van der Waals surface area (Å²) in [6, 6.07) is 9.13. The first-order chi connectivity index (χ1) is 20.2. The van der Waals surface area contributed by atoms with E-state index in [1.807, 2.05) is 13.8 Å². The second-order valence-electron chi connectivity index (χ2n) is 9.75. The number of nitrogens with one attached hydrogen (secondary N) is 4. The van der Waals surface area contributed by atoms with E-state index in [9.17, 15) is 24.3 Å². The molecule has 2 unspecified atom stereocenters. The zero-order valence-electron chi connectivity index (χ0n) is 22.9.